The van der Waals surface area contributed by atoms with E-state index in [-0.39, 0.29) is 23.1 Å². The van der Waals surface area contributed by atoms with Crippen molar-refractivity contribution in [1.29, 1.82) is 0 Å². The van der Waals surface area contributed by atoms with Gasteiger partial charge in [0, 0.05) is 17.2 Å². The molecule has 1 aromatic carbocycles. The first-order chi connectivity index (χ1) is 13.4. The fourth-order valence-electron chi connectivity index (χ4n) is 3.88. The van der Waals surface area contributed by atoms with E-state index in [1.165, 1.54) is 9.88 Å². The molecule has 1 aromatic rings. The lowest BCUT2D eigenvalue weighted by atomic mass is 9.91. The summed E-state index contributed by atoms with van der Waals surface area (Å²) in [6.45, 7) is 2.66. The van der Waals surface area contributed by atoms with E-state index in [9.17, 15) is 13.2 Å². The zero-order valence-corrected chi connectivity index (χ0v) is 17.8. The number of cyclic esters (lactones) is 1. The Morgan fingerprint density at radius 1 is 1.25 bits per heavy atom. The van der Waals surface area contributed by atoms with Gasteiger partial charge >= 0.3 is 6.09 Å². The molecule has 28 heavy (non-hydrogen) atoms. The van der Waals surface area contributed by atoms with E-state index in [2.05, 4.69) is 28.1 Å². The maximum Gasteiger partial charge on any atom is 0.411 e. The molecule has 2 aliphatic heterocycles. The standard InChI is InChI=1S/C20H21BrN2O4S/c1-14-6-7-18-15(12-14)13-27-20(24)23(18)16-8-10-22(11-9-16)28(25,26)19-5-3-2-4-17(19)21/h2-6,8,10,12,16,18H,7,9,11,13H2,1H3. The third-order valence-electron chi connectivity index (χ3n) is 5.31. The highest BCUT2D eigenvalue weighted by Crippen LogP contribution is 2.32. The molecule has 0 bridgehead atoms. The molecule has 3 aliphatic rings. The minimum absolute atomic E-state index is 0.0222. The molecule has 1 fully saturated rings. The van der Waals surface area contributed by atoms with E-state index in [0.717, 1.165) is 12.0 Å². The highest BCUT2D eigenvalue weighted by molar-refractivity contribution is 9.10. The largest absolute Gasteiger partial charge is 0.445 e. The first-order valence-corrected chi connectivity index (χ1v) is 11.4. The van der Waals surface area contributed by atoms with Gasteiger partial charge in [-0.2, -0.15) is 0 Å². The van der Waals surface area contributed by atoms with E-state index < -0.39 is 10.0 Å². The lowest BCUT2D eigenvalue weighted by Crippen LogP contribution is -2.53. The fraction of sp³-hybridized carbons (Fsp3) is 0.350. The van der Waals surface area contributed by atoms with Crippen molar-refractivity contribution >= 4 is 32.0 Å². The monoisotopic (exact) mass is 464 g/mol. The summed E-state index contributed by atoms with van der Waals surface area (Å²) >= 11 is 3.31. The molecule has 4 rings (SSSR count). The Labute approximate surface area is 173 Å². The summed E-state index contributed by atoms with van der Waals surface area (Å²) < 4.78 is 33.1. The number of benzene rings is 1. The molecule has 1 amide bonds. The minimum Gasteiger partial charge on any atom is -0.445 e. The van der Waals surface area contributed by atoms with Gasteiger partial charge in [-0.05, 0) is 59.5 Å². The summed E-state index contributed by atoms with van der Waals surface area (Å²) in [5.74, 6) is 0. The van der Waals surface area contributed by atoms with Crippen LogP contribution in [-0.2, 0) is 14.8 Å². The molecule has 0 saturated carbocycles. The predicted molar refractivity (Wildman–Crippen MR) is 109 cm³/mol. The molecule has 0 spiro atoms. The maximum absolute atomic E-state index is 12.9. The highest BCUT2D eigenvalue weighted by Gasteiger charge is 2.39. The van der Waals surface area contributed by atoms with Crippen molar-refractivity contribution in [1.82, 2.24) is 9.21 Å². The number of amides is 1. The Bertz CT molecular complexity index is 999. The zero-order valence-electron chi connectivity index (χ0n) is 15.4. The lowest BCUT2D eigenvalue weighted by Gasteiger charge is -2.43. The summed E-state index contributed by atoms with van der Waals surface area (Å²) in [5.41, 5.74) is 2.27. The van der Waals surface area contributed by atoms with Crippen molar-refractivity contribution in [3.8, 4) is 0 Å². The second-order valence-corrected chi connectivity index (χ2v) is 9.84. The quantitative estimate of drug-likeness (QED) is 0.681. The molecular formula is C20H21BrN2O4S. The topological polar surface area (TPSA) is 66.9 Å². The summed E-state index contributed by atoms with van der Waals surface area (Å²) in [7, 11) is -3.65. The van der Waals surface area contributed by atoms with Gasteiger partial charge in [-0.3, -0.25) is 9.21 Å². The molecule has 2 heterocycles. The number of halogens is 1. The number of ether oxygens (including phenoxy) is 1. The maximum atomic E-state index is 12.9. The summed E-state index contributed by atoms with van der Waals surface area (Å²) in [5, 5.41) is 0. The number of allylic oxidation sites excluding steroid dienone is 2. The normalized spacial score (nSPS) is 25.0. The van der Waals surface area contributed by atoms with E-state index in [0.29, 0.717) is 24.0 Å². The van der Waals surface area contributed by atoms with Crippen LogP contribution in [0.5, 0.6) is 0 Å². The summed E-state index contributed by atoms with van der Waals surface area (Å²) in [4.78, 5) is 14.4. The molecule has 2 atom stereocenters. The molecule has 1 aliphatic carbocycles. The molecule has 6 nitrogen and oxygen atoms in total. The Hall–Kier alpha value is -2.06. The van der Waals surface area contributed by atoms with Crippen molar-refractivity contribution in [2.75, 3.05) is 13.2 Å². The van der Waals surface area contributed by atoms with Crippen LogP contribution in [0.2, 0.25) is 0 Å². The molecule has 0 aromatic heterocycles. The fourth-order valence-corrected chi connectivity index (χ4v) is 6.17. The van der Waals surface area contributed by atoms with Crippen LogP contribution in [0.1, 0.15) is 19.8 Å². The van der Waals surface area contributed by atoms with Gasteiger partial charge in [0.25, 0.3) is 10.0 Å². The Balaban J connectivity index is 1.56. The Kier molecular flexibility index (Phi) is 5.09. The Morgan fingerprint density at radius 3 is 2.75 bits per heavy atom. The molecule has 8 heteroatoms. The number of carbonyl (C=O) groups excluding carboxylic acids is 1. The molecular weight excluding hydrogens is 444 g/mol. The number of hydrogen-bond acceptors (Lipinski definition) is 4. The van der Waals surface area contributed by atoms with Gasteiger partial charge in [0.2, 0.25) is 0 Å². The van der Waals surface area contributed by atoms with Crippen LogP contribution in [-0.4, -0.2) is 49.0 Å². The van der Waals surface area contributed by atoms with Gasteiger partial charge in [-0.15, -0.1) is 0 Å². The third kappa shape index (κ3) is 3.39. The molecule has 1 saturated heterocycles. The lowest BCUT2D eigenvalue weighted by molar-refractivity contribution is 0.0568. The van der Waals surface area contributed by atoms with E-state index in [1.807, 2.05) is 6.92 Å². The molecule has 0 N–H and O–H groups in total. The zero-order chi connectivity index (χ0) is 19.9. The second kappa shape index (κ2) is 7.40. The van der Waals surface area contributed by atoms with Crippen LogP contribution < -0.4 is 0 Å². The van der Waals surface area contributed by atoms with Crippen LogP contribution in [0.15, 0.2) is 69.2 Å². The van der Waals surface area contributed by atoms with Crippen LogP contribution in [0, 0.1) is 0 Å². The summed E-state index contributed by atoms with van der Waals surface area (Å²) in [6, 6.07) is 6.54. The number of nitrogens with zero attached hydrogens (tertiary/aromatic N) is 2. The molecule has 148 valence electrons. The van der Waals surface area contributed by atoms with Crippen molar-refractivity contribution in [3.05, 3.63) is 64.3 Å². The van der Waals surface area contributed by atoms with Crippen molar-refractivity contribution in [2.45, 2.75) is 36.7 Å². The molecule has 0 radical (unpaired) electrons. The minimum atomic E-state index is -3.65. The predicted octanol–water partition coefficient (Wildman–Crippen LogP) is 3.82. The number of rotatable bonds is 3. The van der Waals surface area contributed by atoms with E-state index in [4.69, 9.17) is 4.74 Å². The first-order valence-electron chi connectivity index (χ1n) is 9.15. The van der Waals surface area contributed by atoms with Gasteiger partial charge in [-0.1, -0.05) is 29.9 Å². The first kappa shape index (κ1) is 19.3. The van der Waals surface area contributed by atoms with Crippen LogP contribution in [0.3, 0.4) is 0 Å². The van der Waals surface area contributed by atoms with Crippen molar-refractivity contribution in [2.24, 2.45) is 0 Å². The van der Waals surface area contributed by atoms with Crippen molar-refractivity contribution < 1.29 is 17.9 Å². The van der Waals surface area contributed by atoms with Crippen LogP contribution >= 0.6 is 15.9 Å². The smallest absolute Gasteiger partial charge is 0.411 e. The van der Waals surface area contributed by atoms with Gasteiger partial charge < -0.3 is 4.74 Å². The average Bonchev–Trinajstić information content (AvgIpc) is 2.68. The van der Waals surface area contributed by atoms with Gasteiger partial charge in [0.05, 0.1) is 12.1 Å². The van der Waals surface area contributed by atoms with Crippen LogP contribution in [0.25, 0.3) is 0 Å². The number of fused-ring (bicyclic) bond motifs is 1. The number of carbonyl (C=O) groups is 1. The van der Waals surface area contributed by atoms with Crippen LogP contribution in [0.4, 0.5) is 4.79 Å². The van der Waals surface area contributed by atoms with Crippen molar-refractivity contribution in [3.63, 3.8) is 0 Å². The highest BCUT2D eigenvalue weighted by atomic mass is 79.9. The van der Waals surface area contributed by atoms with Gasteiger partial charge in [0.15, 0.2) is 0 Å². The number of sulfonamides is 1. The number of hydrogen-bond donors (Lipinski definition) is 0. The van der Waals surface area contributed by atoms with E-state index >= 15 is 0 Å². The third-order valence-corrected chi connectivity index (χ3v) is 8.10. The van der Waals surface area contributed by atoms with E-state index in [1.54, 1.807) is 41.4 Å². The average molecular weight is 465 g/mol. The van der Waals surface area contributed by atoms with Gasteiger partial charge in [-0.25, -0.2) is 13.2 Å². The summed E-state index contributed by atoms with van der Waals surface area (Å²) in [6.07, 6.45) is 8.48. The SMILES string of the molecule is CC1=CCC2C(=C1)COC(=O)N2C1C=CN(S(=O)(=O)c2ccccc2Br)CC1. The van der Waals surface area contributed by atoms with Gasteiger partial charge in [0.1, 0.15) is 11.5 Å². The molecule has 2 unspecified atom stereocenters. The Morgan fingerprint density at radius 2 is 2.04 bits per heavy atom. The second-order valence-electron chi connectivity index (χ2n) is 7.12.